The van der Waals surface area contributed by atoms with Gasteiger partial charge in [0.15, 0.2) is 0 Å². The second kappa shape index (κ2) is 3.46. The first-order chi connectivity index (χ1) is 3.56. The van der Waals surface area contributed by atoms with Gasteiger partial charge in [-0.25, -0.2) is 0 Å². The van der Waals surface area contributed by atoms with E-state index in [2.05, 4.69) is 41.6 Å². The van der Waals surface area contributed by atoms with Crippen molar-refractivity contribution in [1.29, 1.82) is 0 Å². The minimum absolute atomic E-state index is 0.795. The molecular weight excluding hydrogens is 180 g/mol. The average molecular weight is 193 g/mol. The highest BCUT2D eigenvalue weighted by Gasteiger charge is 2.08. The first kappa shape index (κ1) is 8.44. The molecule has 0 atom stereocenters. The lowest BCUT2D eigenvalue weighted by Gasteiger charge is -2.10. The topological polar surface area (TPSA) is 0 Å². The number of hydrogen-bond acceptors (Lipinski definition) is 0. The zero-order valence-corrected chi connectivity index (χ0v) is 8.33. The molecule has 0 radical (unpaired) electrons. The van der Waals surface area contributed by atoms with E-state index < -0.39 is 8.07 Å². The molecule has 0 bridgehead atoms. The molecule has 0 fully saturated rings. The molecule has 0 amide bonds. The van der Waals surface area contributed by atoms with Crippen molar-refractivity contribution < 1.29 is 0 Å². The number of halogens is 1. The van der Waals surface area contributed by atoms with Crippen LogP contribution in [0.1, 0.15) is 0 Å². The molecule has 0 aliphatic carbocycles. The summed E-state index contributed by atoms with van der Waals surface area (Å²) in [7, 11) is -0.795. The van der Waals surface area contributed by atoms with Gasteiger partial charge in [0.2, 0.25) is 0 Å². The van der Waals surface area contributed by atoms with Gasteiger partial charge in [-0.1, -0.05) is 41.6 Å². The maximum Gasteiger partial charge on any atom is 0.0480 e. The van der Waals surface area contributed by atoms with Crippen molar-refractivity contribution >= 4 is 24.0 Å². The van der Waals surface area contributed by atoms with Crippen molar-refractivity contribution in [2.45, 2.75) is 25.7 Å². The minimum atomic E-state index is -0.795. The molecule has 0 rings (SSSR count). The van der Waals surface area contributed by atoms with Gasteiger partial charge in [-0.2, -0.15) is 0 Å². The maximum absolute atomic E-state index is 3.24. The fourth-order valence-electron chi connectivity index (χ4n) is 0.398. The molecular formula is C6H13BrSi. The lowest BCUT2D eigenvalue weighted by molar-refractivity contribution is 1.52. The van der Waals surface area contributed by atoms with Crippen LogP contribution in [-0.4, -0.2) is 8.07 Å². The third kappa shape index (κ3) is 6.44. The number of rotatable bonds is 2. The van der Waals surface area contributed by atoms with Crippen molar-refractivity contribution in [1.82, 2.24) is 0 Å². The molecule has 0 aromatic rings. The van der Waals surface area contributed by atoms with Gasteiger partial charge in [0.1, 0.15) is 0 Å². The first-order valence-corrected chi connectivity index (χ1v) is 7.44. The van der Waals surface area contributed by atoms with Gasteiger partial charge in [-0.05, 0) is 11.0 Å². The quantitative estimate of drug-likeness (QED) is 0.590. The summed E-state index contributed by atoms with van der Waals surface area (Å²) in [6, 6.07) is 1.28. The minimum Gasteiger partial charge on any atom is -0.0803 e. The highest BCUT2D eigenvalue weighted by atomic mass is 79.9. The van der Waals surface area contributed by atoms with E-state index in [1.165, 1.54) is 6.04 Å². The monoisotopic (exact) mass is 192 g/mol. The maximum atomic E-state index is 3.24. The van der Waals surface area contributed by atoms with Gasteiger partial charge in [-0.15, -0.1) is 0 Å². The SMILES string of the molecule is C[Si](C)(C)C/C=C\Br. The summed E-state index contributed by atoms with van der Waals surface area (Å²) in [6.07, 6.45) is 2.19. The Morgan fingerprint density at radius 2 is 1.88 bits per heavy atom. The van der Waals surface area contributed by atoms with E-state index in [4.69, 9.17) is 0 Å². The standard InChI is InChI=1S/C6H13BrSi/c1-8(2,3)6-4-5-7/h4-5H,6H2,1-3H3/b5-4-. The van der Waals surface area contributed by atoms with Gasteiger partial charge in [-0.3, -0.25) is 0 Å². The summed E-state index contributed by atoms with van der Waals surface area (Å²) < 4.78 is 0. The summed E-state index contributed by atoms with van der Waals surface area (Å²) in [5.74, 6) is 0. The van der Waals surface area contributed by atoms with Crippen molar-refractivity contribution in [3.05, 3.63) is 11.1 Å². The van der Waals surface area contributed by atoms with Crippen LogP contribution in [0.3, 0.4) is 0 Å². The molecule has 0 heterocycles. The van der Waals surface area contributed by atoms with Crippen LogP contribution in [0.2, 0.25) is 25.7 Å². The second-order valence-electron chi connectivity index (χ2n) is 3.13. The van der Waals surface area contributed by atoms with Gasteiger partial charge in [0, 0.05) is 8.07 Å². The summed E-state index contributed by atoms with van der Waals surface area (Å²) >= 11 is 3.24. The molecule has 0 aromatic carbocycles. The zero-order valence-electron chi connectivity index (χ0n) is 5.74. The fourth-order valence-corrected chi connectivity index (χ4v) is 1.76. The normalized spacial score (nSPS) is 13.0. The lowest BCUT2D eigenvalue weighted by atomic mass is 10.8. The first-order valence-electron chi connectivity index (χ1n) is 2.81. The van der Waals surface area contributed by atoms with E-state index in [-0.39, 0.29) is 0 Å². The predicted octanol–water partition coefficient (Wildman–Crippen LogP) is 3.23. The van der Waals surface area contributed by atoms with Gasteiger partial charge < -0.3 is 0 Å². The number of hydrogen-bond donors (Lipinski definition) is 0. The fraction of sp³-hybridized carbons (Fsp3) is 0.667. The zero-order chi connectivity index (χ0) is 6.62. The summed E-state index contributed by atoms with van der Waals surface area (Å²) in [5, 5.41) is 0. The van der Waals surface area contributed by atoms with Crippen LogP contribution in [-0.2, 0) is 0 Å². The second-order valence-corrected chi connectivity index (χ2v) is 9.18. The van der Waals surface area contributed by atoms with Crippen molar-refractivity contribution in [2.75, 3.05) is 0 Å². The molecule has 0 aromatic heterocycles. The van der Waals surface area contributed by atoms with Crippen molar-refractivity contribution in [3.8, 4) is 0 Å². The molecule has 0 saturated heterocycles. The molecule has 2 heteroatoms. The Kier molecular flexibility index (Phi) is 3.65. The van der Waals surface area contributed by atoms with Crippen LogP contribution in [0, 0.1) is 0 Å². The van der Waals surface area contributed by atoms with E-state index in [1.54, 1.807) is 0 Å². The average Bonchev–Trinajstić information content (AvgIpc) is 1.59. The molecule has 0 spiro atoms. The van der Waals surface area contributed by atoms with E-state index in [0.29, 0.717) is 0 Å². The van der Waals surface area contributed by atoms with Crippen molar-refractivity contribution in [3.63, 3.8) is 0 Å². The van der Waals surface area contributed by atoms with Crippen LogP contribution in [0.5, 0.6) is 0 Å². The van der Waals surface area contributed by atoms with Crippen LogP contribution in [0.4, 0.5) is 0 Å². The number of allylic oxidation sites excluding steroid dienone is 1. The summed E-state index contributed by atoms with van der Waals surface area (Å²) in [6.45, 7) is 7.08. The van der Waals surface area contributed by atoms with Crippen molar-refractivity contribution in [2.24, 2.45) is 0 Å². The van der Waals surface area contributed by atoms with E-state index in [9.17, 15) is 0 Å². The van der Waals surface area contributed by atoms with Gasteiger partial charge >= 0.3 is 0 Å². The molecule has 0 aliphatic heterocycles. The summed E-state index contributed by atoms with van der Waals surface area (Å²) in [5.41, 5.74) is 0. The highest BCUT2D eigenvalue weighted by Crippen LogP contribution is 2.08. The van der Waals surface area contributed by atoms with E-state index in [0.717, 1.165) is 0 Å². The molecule has 48 valence electrons. The van der Waals surface area contributed by atoms with E-state index >= 15 is 0 Å². The third-order valence-corrected chi connectivity index (χ3v) is 2.65. The van der Waals surface area contributed by atoms with Gasteiger partial charge in [0.05, 0.1) is 0 Å². The molecule has 8 heavy (non-hydrogen) atoms. The van der Waals surface area contributed by atoms with Gasteiger partial charge in [0.25, 0.3) is 0 Å². The van der Waals surface area contributed by atoms with Crippen LogP contribution in [0.15, 0.2) is 11.1 Å². The Bertz CT molecular complexity index is 81.0. The Balaban J connectivity index is 3.39. The highest BCUT2D eigenvalue weighted by molar-refractivity contribution is 9.11. The van der Waals surface area contributed by atoms with Crippen LogP contribution >= 0.6 is 15.9 Å². The Hall–Kier alpha value is 0.437. The molecule has 0 saturated carbocycles. The molecule has 0 aliphatic rings. The largest absolute Gasteiger partial charge is 0.0803 e. The smallest absolute Gasteiger partial charge is 0.0480 e. The summed E-state index contributed by atoms with van der Waals surface area (Å²) in [4.78, 5) is 1.95. The molecule has 0 nitrogen and oxygen atoms in total. The Labute approximate surface area is 61.1 Å². The Morgan fingerprint density at radius 3 is 2.00 bits per heavy atom. The predicted molar refractivity (Wildman–Crippen MR) is 46.2 cm³/mol. The third-order valence-electron chi connectivity index (χ3n) is 0.819. The molecule has 0 N–H and O–H groups in total. The van der Waals surface area contributed by atoms with Crippen LogP contribution in [0.25, 0.3) is 0 Å². The van der Waals surface area contributed by atoms with E-state index in [1.807, 2.05) is 4.99 Å². The lowest BCUT2D eigenvalue weighted by Crippen LogP contribution is -2.17. The van der Waals surface area contributed by atoms with Crippen LogP contribution < -0.4 is 0 Å². The molecule has 0 unspecified atom stereocenters. The Morgan fingerprint density at radius 1 is 1.38 bits per heavy atom.